The molecule has 0 aromatic heterocycles. The van der Waals surface area contributed by atoms with Crippen molar-refractivity contribution in [1.29, 1.82) is 0 Å². The summed E-state index contributed by atoms with van der Waals surface area (Å²) in [5, 5.41) is 4.46. The van der Waals surface area contributed by atoms with Crippen molar-refractivity contribution in [1.82, 2.24) is 10.3 Å². The highest BCUT2D eigenvalue weighted by molar-refractivity contribution is 6.13. The van der Waals surface area contributed by atoms with Gasteiger partial charge in [0.2, 0.25) is 5.91 Å². The third kappa shape index (κ3) is 5.53. The van der Waals surface area contributed by atoms with Gasteiger partial charge in [0.15, 0.2) is 0 Å². The van der Waals surface area contributed by atoms with E-state index in [1.807, 2.05) is 81.4 Å². The molecular formula is C24H29N3O2. The number of benzene rings is 2. The quantitative estimate of drug-likeness (QED) is 0.619. The molecular weight excluding hydrogens is 362 g/mol. The molecule has 3 rings (SSSR count). The normalized spacial score (nSPS) is 16.4. The lowest BCUT2D eigenvalue weighted by Gasteiger charge is -2.27. The van der Waals surface area contributed by atoms with Gasteiger partial charge in [-0.2, -0.15) is 5.10 Å². The molecule has 2 aromatic rings. The summed E-state index contributed by atoms with van der Waals surface area (Å²) >= 11 is 0. The van der Waals surface area contributed by atoms with Crippen LogP contribution in [-0.4, -0.2) is 35.0 Å². The first-order valence-corrected chi connectivity index (χ1v) is 10.1. The van der Waals surface area contributed by atoms with E-state index in [1.165, 1.54) is 0 Å². The second-order valence-corrected chi connectivity index (χ2v) is 8.65. The van der Waals surface area contributed by atoms with Crippen molar-refractivity contribution in [2.45, 2.75) is 46.1 Å². The van der Waals surface area contributed by atoms with Gasteiger partial charge in [0, 0.05) is 24.1 Å². The van der Waals surface area contributed by atoms with Crippen LogP contribution < -0.4 is 5.43 Å². The van der Waals surface area contributed by atoms with E-state index in [2.05, 4.69) is 10.5 Å². The van der Waals surface area contributed by atoms with E-state index in [9.17, 15) is 9.59 Å². The number of likely N-dealkylation sites (tertiary alicyclic amines) is 1. The number of amides is 2. The lowest BCUT2D eigenvalue weighted by molar-refractivity contribution is -0.139. The molecule has 1 N–H and O–H groups in total. The summed E-state index contributed by atoms with van der Waals surface area (Å²) in [5.41, 5.74) is 5.16. The molecule has 0 spiro atoms. The molecule has 1 saturated heterocycles. The highest BCUT2D eigenvalue weighted by atomic mass is 16.2. The second-order valence-electron chi connectivity index (χ2n) is 8.65. The lowest BCUT2D eigenvalue weighted by atomic mass is 9.91. The highest BCUT2D eigenvalue weighted by Gasteiger charge is 2.35. The van der Waals surface area contributed by atoms with Crippen LogP contribution in [0.1, 0.15) is 51.2 Å². The molecule has 1 atom stereocenters. The summed E-state index contributed by atoms with van der Waals surface area (Å²) in [6, 6.07) is 19.1. The smallest absolute Gasteiger partial charge is 0.262 e. The average molecular weight is 392 g/mol. The van der Waals surface area contributed by atoms with Crippen molar-refractivity contribution in [2.75, 3.05) is 6.54 Å². The zero-order valence-corrected chi connectivity index (χ0v) is 17.4. The van der Waals surface area contributed by atoms with Crippen LogP contribution in [0.25, 0.3) is 0 Å². The predicted octanol–water partition coefficient (Wildman–Crippen LogP) is 3.98. The monoisotopic (exact) mass is 391 g/mol. The van der Waals surface area contributed by atoms with Gasteiger partial charge in [-0.25, -0.2) is 5.43 Å². The van der Waals surface area contributed by atoms with Crippen molar-refractivity contribution < 1.29 is 9.59 Å². The van der Waals surface area contributed by atoms with Crippen molar-refractivity contribution >= 4 is 17.5 Å². The molecule has 152 valence electrons. The summed E-state index contributed by atoms with van der Waals surface area (Å²) in [7, 11) is 0. The van der Waals surface area contributed by atoms with Crippen molar-refractivity contribution in [3.8, 4) is 0 Å². The van der Waals surface area contributed by atoms with Gasteiger partial charge in [0.1, 0.15) is 6.04 Å². The number of hydrazone groups is 1. The van der Waals surface area contributed by atoms with Gasteiger partial charge in [-0.3, -0.25) is 9.59 Å². The number of hydrogen-bond donors (Lipinski definition) is 1. The van der Waals surface area contributed by atoms with E-state index in [1.54, 1.807) is 4.90 Å². The first-order valence-electron chi connectivity index (χ1n) is 10.1. The molecule has 1 aliphatic heterocycles. The van der Waals surface area contributed by atoms with Gasteiger partial charge < -0.3 is 4.90 Å². The first kappa shape index (κ1) is 20.8. The Morgan fingerprint density at radius 2 is 1.55 bits per heavy atom. The fourth-order valence-electron chi connectivity index (χ4n) is 3.57. The van der Waals surface area contributed by atoms with E-state index in [0.717, 1.165) is 17.5 Å². The zero-order chi connectivity index (χ0) is 20.9. The van der Waals surface area contributed by atoms with Crippen LogP contribution >= 0.6 is 0 Å². The molecule has 29 heavy (non-hydrogen) atoms. The molecule has 0 radical (unpaired) electrons. The van der Waals surface area contributed by atoms with Crippen LogP contribution in [0.5, 0.6) is 0 Å². The molecule has 1 unspecified atom stereocenters. The van der Waals surface area contributed by atoms with Crippen LogP contribution in [0.4, 0.5) is 0 Å². The molecule has 2 amide bonds. The largest absolute Gasteiger partial charge is 0.331 e. The van der Waals surface area contributed by atoms with E-state index in [0.29, 0.717) is 25.1 Å². The maximum atomic E-state index is 12.9. The number of carbonyl (C=O) groups is 2. The molecule has 5 nitrogen and oxygen atoms in total. The number of nitrogens with one attached hydrogen (secondary N) is 1. The van der Waals surface area contributed by atoms with Crippen molar-refractivity contribution in [2.24, 2.45) is 10.5 Å². The van der Waals surface area contributed by atoms with Crippen LogP contribution in [0, 0.1) is 5.41 Å². The number of rotatable bonds is 5. The average Bonchev–Trinajstić information content (AvgIpc) is 3.19. The van der Waals surface area contributed by atoms with Gasteiger partial charge in [-0.05, 0) is 18.3 Å². The lowest BCUT2D eigenvalue weighted by Crippen LogP contribution is -2.45. The predicted molar refractivity (Wildman–Crippen MR) is 115 cm³/mol. The molecule has 1 fully saturated rings. The minimum atomic E-state index is -0.457. The summed E-state index contributed by atoms with van der Waals surface area (Å²) in [5.74, 6) is -0.195. The summed E-state index contributed by atoms with van der Waals surface area (Å²) in [6.45, 7) is 6.73. The molecule has 2 aromatic carbocycles. The Bertz CT molecular complexity index is 829. The summed E-state index contributed by atoms with van der Waals surface area (Å²) in [6.07, 6.45) is 1.94. The maximum absolute atomic E-state index is 12.9. The van der Waals surface area contributed by atoms with Crippen LogP contribution in [0.2, 0.25) is 0 Å². The third-order valence-electron chi connectivity index (χ3n) is 4.93. The first-order chi connectivity index (χ1) is 13.8. The standard InChI is InChI=1S/C24H29N3O2/c1-24(2,3)17-21(28)27-16-10-15-20(27)23(29)26-25-22(18-11-6-4-7-12-18)19-13-8-5-9-14-19/h4-9,11-14,20H,10,15-17H2,1-3H3,(H,26,29). The number of nitrogens with zero attached hydrogens (tertiary/aromatic N) is 2. The third-order valence-corrected chi connectivity index (χ3v) is 4.93. The van der Waals surface area contributed by atoms with Crippen molar-refractivity contribution in [3.63, 3.8) is 0 Å². The SMILES string of the molecule is CC(C)(C)CC(=O)N1CCCC1C(=O)NN=C(c1ccccc1)c1ccccc1. The van der Waals surface area contributed by atoms with Crippen LogP contribution in [-0.2, 0) is 9.59 Å². The van der Waals surface area contributed by atoms with E-state index in [-0.39, 0.29) is 17.2 Å². The minimum absolute atomic E-state index is 0.0328. The molecule has 0 bridgehead atoms. The summed E-state index contributed by atoms with van der Waals surface area (Å²) in [4.78, 5) is 27.3. The van der Waals surface area contributed by atoms with Crippen molar-refractivity contribution in [3.05, 3.63) is 71.8 Å². The van der Waals surface area contributed by atoms with Crippen LogP contribution in [0.15, 0.2) is 65.8 Å². The Morgan fingerprint density at radius 3 is 2.07 bits per heavy atom. The summed E-state index contributed by atoms with van der Waals surface area (Å²) < 4.78 is 0. The number of carbonyl (C=O) groups excluding carboxylic acids is 2. The van der Waals surface area contributed by atoms with Gasteiger partial charge in [0.05, 0.1) is 5.71 Å². The van der Waals surface area contributed by atoms with Gasteiger partial charge in [-0.1, -0.05) is 81.4 Å². The number of hydrogen-bond acceptors (Lipinski definition) is 3. The van der Waals surface area contributed by atoms with Gasteiger partial charge >= 0.3 is 0 Å². The molecule has 1 aliphatic rings. The second kappa shape index (κ2) is 9.03. The fraction of sp³-hybridized carbons (Fsp3) is 0.375. The minimum Gasteiger partial charge on any atom is -0.331 e. The Kier molecular flexibility index (Phi) is 6.47. The van der Waals surface area contributed by atoms with E-state index >= 15 is 0 Å². The Labute approximate surface area is 172 Å². The molecule has 1 heterocycles. The fourth-order valence-corrected chi connectivity index (χ4v) is 3.57. The maximum Gasteiger partial charge on any atom is 0.262 e. The Balaban J connectivity index is 1.78. The Morgan fingerprint density at radius 1 is 1.00 bits per heavy atom. The van der Waals surface area contributed by atoms with Gasteiger partial charge in [-0.15, -0.1) is 0 Å². The molecule has 0 aliphatic carbocycles. The molecule has 0 saturated carbocycles. The van der Waals surface area contributed by atoms with Gasteiger partial charge in [0.25, 0.3) is 5.91 Å². The van der Waals surface area contributed by atoms with Crippen LogP contribution in [0.3, 0.4) is 0 Å². The zero-order valence-electron chi connectivity index (χ0n) is 17.4. The highest BCUT2D eigenvalue weighted by Crippen LogP contribution is 2.25. The van der Waals surface area contributed by atoms with E-state index < -0.39 is 6.04 Å². The topological polar surface area (TPSA) is 61.8 Å². The Hall–Kier alpha value is -2.95. The molecule has 5 heteroatoms. The van der Waals surface area contributed by atoms with E-state index in [4.69, 9.17) is 0 Å².